The van der Waals surface area contributed by atoms with E-state index in [-0.39, 0.29) is 24.7 Å². The van der Waals surface area contributed by atoms with Gasteiger partial charge in [-0.2, -0.15) is 4.99 Å². The highest BCUT2D eigenvalue weighted by molar-refractivity contribution is 6.01. The van der Waals surface area contributed by atoms with Crippen molar-refractivity contribution in [3.8, 4) is 0 Å². The van der Waals surface area contributed by atoms with Crippen molar-refractivity contribution in [2.75, 3.05) is 0 Å². The van der Waals surface area contributed by atoms with E-state index in [0.29, 0.717) is 5.56 Å². The second-order valence-electron chi connectivity index (χ2n) is 7.35. The Balaban J connectivity index is 3.60. The predicted octanol–water partition coefficient (Wildman–Crippen LogP) is 2.56. The number of carbonyl (C=O) groups is 2. The van der Waals surface area contributed by atoms with Crippen LogP contribution in [0, 0.1) is 11.8 Å². The first-order valence-electron chi connectivity index (χ1n) is 8.91. The first kappa shape index (κ1) is 22.4. The van der Waals surface area contributed by atoms with E-state index < -0.39 is 23.4 Å². The molecule has 0 bridgehead atoms. The van der Waals surface area contributed by atoms with Crippen molar-refractivity contribution in [3.05, 3.63) is 30.1 Å². The molecule has 0 aliphatic carbocycles. The number of aliphatic imine (C=N–C) groups is 1. The van der Waals surface area contributed by atoms with Crippen molar-refractivity contribution in [2.45, 2.75) is 59.0 Å². The summed E-state index contributed by atoms with van der Waals surface area (Å²) < 4.78 is 0. The fraction of sp³-hybridized carbons (Fsp3) is 0.550. The molecule has 0 aromatic carbocycles. The summed E-state index contributed by atoms with van der Waals surface area (Å²) in [4.78, 5) is 57.2. The fourth-order valence-electron chi connectivity index (χ4n) is 3.18. The number of hydrogen-bond acceptors (Lipinski definition) is 6. The van der Waals surface area contributed by atoms with Crippen LogP contribution >= 0.6 is 0 Å². The summed E-state index contributed by atoms with van der Waals surface area (Å²) in [7, 11) is 0. The molecule has 0 saturated carbocycles. The highest BCUT2D eigenvalue weighted by Crippen LogP contribution is 2.35. The minimum atomic E-state index is -1.62. The van der Waals surface area contributed by atoms with Crippen LogP contribution in [0.3, 0.4) is 0 Å². The average molecular weight is 372 g/mol. The number of rotatable bonds is 9. The van der Waals surface area contributed by atoms with Crippen LogP contribution in [0.25, 0.3) is 0 Å². The molecule has 1 heterocycles. The molecule has 2 atom stereocenters. The van der Waals surface area contributed by atoms with Gasteiger partial charge < -0.3 is 0 Å². The first-order valence-corrected chi connectivity index (χ1v) is 8.91. The Labute approximate surface area is 159 Å². The topological polar surface area (TPSA) is 96.8 Å². The molecule has 145 valence electrons. The van der Waals surface area contributed by atoms with Crippen molar-refractivity contribution in [1.82, 2.24) is 9.88 Å². The second kappa shape index (κ2) is 9.88. The summed E-state index contributed by atoms with van der Waals surface area (Å²) in [5.41, 5.74) is -1.18. The lowest BCUT2D eigenvalue weighted by Crippen LogP contribution is -2.56. The number of hydrogen-bond donors (Lipinski definition) is 0. The summed E-state index contributed by atoms with van der Waals surface area (Å²) in [5, 5.41) is 0. The minimum absolute atomic E-state index is 0.0209. The highest BCUT2D eigenvalue weighted by atomic mass is 16.2. The summed E-state index contributed by atoms with van der Waals surface area (Å²) in [5.74, 6) is -1.30. The van der Waals surface area contributed by atoms with Crippen molar-refractivity contribution < 1.29 is 19.2 Å². The van der Waals surface area contributed by atoms with Gasteiger partial charge in [-0.1, -0.05) is 27.7 Å². The molecule has 0 aliphatic heterocycles. The normalized spacial score (nSPS) is 14.2. The molecule has 7 heteroatoms. The van der Waals surface area contributed by atoms with Crippen LogP contribution < -0.4 is 0 Å². The van der Waals surface area contributed by atoms with E-state index in [1.165, 1.54) is 25.4 Å². The Morgan fingerprint density at radius 2 is 1.74 bits per heavy atom. The van der Waals surface area contributed by atoms with Crippen LogP contribution in [0.2, 0.25) is 0 Å². The quantitative estimate of drug-likeness (QED) is 0.490. The molecule has 1 radical (unpaired) electrons. The van der Waals surface area contributed by atoms with E-state index in [9.17, 15) is 19.2 Å². The van der Waals surface area contributed by atoms with E-state index in [0.717, 1.165) is 4.90 Å². The molecular weight excluding hydrogens is 346 g/mol. The molecule has 0 unspecified atom stereocenters. The van der Waals surface area contributed by atoms with Crippen molar-refractivity contribution in [1.29, 1.82) is 0 Å². The molecule has 1 aromatic heterocycles. The molecule has 2 amide bonds. The number of isocyanates is 1. The molecule has 7 nitrogen and oxygen atoms in total. The Hall–Kier alpha value is -2.66. The van der Waals surface area contributed by atoms with E-state index in [4.69, 9.17) is 0 Å². The van der Waals surface area contributed by atoms with Crippen molar-refractivity contribution >= 4 is 24.2 Å². The van der Waals surface area contributed by atoms with Gasteiger partial charge in [-0.05, 0) is 42.4 Å². The van der Waals surface area contributed by atoms with E-state index in [1.807, 2.05) is 34.0 Å². The number of carbonyl (C=O) groups excluding carboxylic acids is 4. The standard InChI is InChI=1S/C20H26N3O4/c1-14(2)10-18(22-13-25)19(27)23(16(5)26)20(12-24,11-15(3)4)17-6-8-21-9-7-17/h6-9,14-15,18H,10-11H2,1-5H3/t18-,20-/m0/s1. The third-order valence-corrected chi connectivity index (χ3v) is 4.14. The second-order valence-corrected chi connectivity index (χ2v) is 7.35. The number of pyridine rings is 1. The lowest BCUT2D eigenvalue weighted by atomic mass is 9.81. The molecule has 1 aromatic rings. The van der Waals surface area contributed by atoms with Crippen molar-refractivity contribution in [2.24, 2.45) is 16.8 Å². The number of amides is 2. The van der Waals surface area contributed by atoms with Gasteiger partial charge in [0.1, 0.15) is 11.6 Å². The third kappa shape index (κ3) is 5.41. The molecule has 0 spiro atoms. The van der Waals surface area contributed by atoms with Gasteiger partial charge in [0.15, 0.2) is 0 Å². The first-order chi connectivity index (χ1) is 12.7. The Morgan fingerprint density at radius 3 is 2.15 bits per heavy atom. The molecule has 0 aliphatic rings. The summed E-state index contributed by atoms with van der Waals surface area (Å²) >= 11 is 0. The van der Waals surface area contributed by atoms with Gasteiger partial charge >= 0.3 is 0 Å². The zero-order chi connectivity index (χ0) is 20.6. The number of imide groups is 1. The van der Waals surface area contributed by atoms with Gasteiger partial charge in [0, 0.05) is 19.3 Å². The monoisotopic (exact) mass is 372 g/mol. The largest absolute Gasteiger partial charge is 0.288 e. The minimum Gasteiger partial charge on any atom is -0.288 e. The third-order valence-electron chi connectivity index (χ3n) is 4.14. The van der Waals surface area contributed by atoms with Crippen LogP contribution in [-0.4, -0.2) is 40.1 Å². The SMILES string of the molecule is CC(=O)N(C(=O)[C@H](CC(C)C)N=C=O)[C@]([C]=O)(CC(C)C)c1ccncc1. The maximum absolute atomic E-state index is 13.2. The van der Waals surface area contributed by atoms with E-state index in [1.54, 1.807) is 12.1 Å². The fourth-order valence-corrected chi connectivity index (χ4v) is 3.18. The Morgan fingerprint density at radius 1 is 1.15 bits per heavy atom. The van der Waals surface area contributed by atoms with E-state index in [2.05, 4.69) is 9.98 Å². The average Bonchev–Trinajstić information content (AvgIpc) is 2.60. The van der Waals surface area contributed by atoms with Crippen LogP contribution in [0.4, 0.5) is 0 Å². The van der Waals surface area contributed by atoms with Gasteiger partial charge in [-0.15, -0.1) is 0 Å². The van der Waals surface area contributed by atoms with Crippen LogP contribution in [0.15, 0.2) is 29.5 Å². The maximum atomic E-state index is 13.2. The highest BCUT2D eigenvalue weighted by Gasteiger charge is 2.47. The smallest absolute Gasteiger partial charge is 0.256 e. The lowest BCUT2D eigenvalue weighted by molar-refractivity contribution is -0.150. The van der Waals surface area contributed by atoms with E-state index >= 15 is 0 Å². The van der Waals surface area contributed by atoms with Gasteiger partial charge in [-0.25, -0.2) is 4.79 Å². The summed E-state index contributed by atoms with van der Waals surface area (Å²) in [6.07, 6.45) is 6.76. The molecule has 1 rings (SSSR count). The number of nitrogens with zero attached hydrogens (tertiary/aromatic N) is 3. The van der Waals surface area contributed by atoms with Gasteiger partial charge in [0.05, 0.1) is 0 Å². The van der Waals surface area contributed by atoms with Crippen molar-refractivity contribution in [3.63, 3.8) is 0 Å². The van der Waals surface area contributed by atoms with Gasteiger partial charge in [0.2, 0.25) is 18.3 Å². The maximum Gasteiger partial charge on any atom is 0.256 e. The zero-order valence-corrected chi connectivity index (χ0v) is 16.4. The summed E-state index contributed by atoms with van der Waals surface area (Å²) in [6.45, 7) is 8.71. The lowest BCUT2D eigenvalue weighted by Gasteiger charge is -2.40. The molecule has 0 saturated heterocycles. The Bertz CT molecular complexity index is 711. The van der Waals surface area contributed by atoms with Crippen LogP contribution in [0.5, 0.6) is 0 Å². The predicted molar refractivity (Wildman–Crippen MR) is 100.0 cm³/mol. The number of aromatic nitrogens is 1. The molecular formula is C20H26N3O4. The van der Waals surface area contributed by atoms with Crippen LogP contribution in [-0.2, 0) is 24.7 Å². The zero-order valence-electron chi connectivity index (χ0n) is 16.4. The van der Waals surface area contributed by atoms with Crippen LogP contribution in [0.1, 0.15) is 53.0 Å². The van der Waals surface area contributed by atoms with Gasteiger partial charge in [0.25, 0.3) is 5.91 Å². The molecule has 0 N–H and O–H groups in total. The van der Waals surface area contributed by atoms with Gasteiger partial charge in [-0.3, -0.25) is 24.3 Å². The molecule has 0 fully saturated rings. The Kier molecular flexibility index (Phi) is 8.19. The summed E-state index contributed by atoms with van der Waals surface area (Å²) in [6, 6.07) is 2.07. The molecule has 27 heavy (non-hydrogen) atoms.